The van der Waals surface area contributed by atoms with E-state index in [0.29, 0.717) is 0 Å². The monoisotopic (exact) mass is 206 g/mol. The third kappa shape index (κ3) is 2.46. The number of hydrogen-bond acceptors (Lipinski definition) is 4. The fourth-order valence-electron chi connectivity index (χ4n) is 1.92. The van der Waals surface area contributed by atoms with Crippen LogP contribution in [0, 0.1) is 6.92 Å². The largest absolute Gasteiger partial charge is 0.369 e. The molecule has 0 bridgehead atoms. The summed E-state index contributed by atoms with van der Waals surface area (Å²) in [5.74, 6) is 0. The zero-order chi connectivity index (χ0) is 10.7. The topological polar surface area (TPSA) is 31.4 Å². The lowest BCUT2D eigenvalue weighted by atomic mass is 10.2. The first-order chi connectivity index (χ1) is 7.29. The molecular formula is C11H18N4. The van der Waals surface area contributed by atoms with Crippen LogP contribution in [-0.4, -0.2) is 43.2 Å². The molecule has 2 heterocycles. The van der Waals surface area contributed by atoms with Gasteiger partial charge in [-0.15, -0.1) is 0 Å². The Bertz CT molecular complexity index is 318. The molecule has 0 unspecified atom stereocenters. The number of nitrogens with one attached hydrogen (secondary N) is 1. The van der Waals surface area contributed by atoms with Gasteiger partial charge in [0.15, 0.2) is 0 Å². The Hall–Kier alpha value is -1.13. The highest BCUT2D eigenvalue weighted by Gasteiger charge is 2.15. The summed E-state index contributed by atoms with van der Waals surface area (Å²) in [6.07, 6.45) is 1.88. The van der Waals surface area contributed by atoms with Crippen molar-refractivity contribution in [2.45, 2.75) is 6.92 Å². The fraction of sp³-hybridized carbons (Fsp3) is 0.545. The molecule has 82 valence electrons. The van der Waals surface area contributed by atoms with Crippen LogP contribution in [0.15, 0.2) is 18.3 Å². The predicted octanol–water partition coefficient (Wildman–Crippen LogP) is 0.646. The summed E-state index contributed by atoms with van der Waals surface area (Å²) < 4.78 is 0. The summed E-state index contributed by atoms with van der Waals surface area (Å²) in [7, 11) is 1.98. The highest BCUT2D eigenvalue weighted by atomic mass is 15.5. The lowest BCUT2D eigenvalue weighted by molar-refractivity contribution is 0.195. The minimum atomic E-state index is 1.07. The van der Waals surface area contributed by atoms with E-state index in [1.165, 1.54) is 5.69 Å². The summed E-state index contributed by atoms with van der Waals surface area (Å²) >= 11 is 0. The van der Waals surface area contributed by atoms with Crippen LogP contribution in [0.4, 0.5) is 5.69 Å². The van der Waals surface area contributed by atoms with Crippen LogP contribution in [0.5, 0.6) is 0 Å². The van der Waals surface area contributed by atoms with E-state index >= 15 is 0 Å². The number of piperazine rings is 1. The summed E-state index contributed by atoms with van der Waals surface area (Å²) in [6.45, 7) is 6.32. The van der Waals surface area contributed by atoms with Crippen molar-refractivity contribution < 1.29 is 0 Å². The lowest BCUT2D eigenvalue weighted by Crippen LogP contribution is -2.50. The van der Waals surface area contributed by atoms with Crippen LogP contribution in [0.25, 0.3) is 0 Å². The maximum atomic E-state index is 4.22. The molecule has 4 heteroatoms. The van der Waals surface area contributed by atoms with Crippen LogP contribution in [-0.2, 0) is 0 Å². The van der Waals surface area contributed by atoms with Crippen molar-refractivity contribution in [1.82, 2.24) is 15.4 Å². The van der Waals surface area contributed by atoms with Crippen LogP contribution in [0.3, 0.4) is 0 Å². The first kappa shape index (κ1) is 10.4. The van der Waals surface area contributed by atoms with Gasteiger partial charge in [-0.3, -0.25) is 10.4 Å². The molecule has 0 aliphatic carbocycles. The van der Waals surface area contributed by atoms with E-state index in [4.69, 9.17) is 0 Å². The van der Waals surface area contributed by atoms with Gasteiger partial charge in [0.1, 0.15) is 0 Å². The molecule has 4 nitrogen and oxygen atoms in total. The Morgan fingerprint density at radius 2 is 2.00 bits per heavy atom. The maximum Gasteiger partial charge on any atom is 0.0400 e. The molecule has 1 aromatic heterocycles. The van der Waals surface area contributed by atoms with Gasteiger partial charge in [-0.05, 0) is 26.1 Å². The highest BCUT2D eigenvalue weighted by molar-refractivity contribution is 5.46. The van der Waals surface area contributed by atoms with E-state index in [9.17, 15) is 0 Å². The Morgan fingerprint density at radius 1 is 1.27 bits per heavy atom. The van der Waals surface area contributed by atoms with E-state index < -0.39 is 0 Å². The predicted molar refractivity (Wildman–Crippen MR) is 61.8 cm³/mol. The van der Waals surface area contributed by atoms with Gasteiger partial charge >= 0.3 is 0 Å². The van der Waals surface area contributed by atoms with Crippen molar-refractivity contribution in [3.05, 3.63) is 24.0 Å². The molecule has 0 atom stereocenters. The van der Waals surface area contributed by atoms with Gasteiger partial charge in [0.2, 0.25) is 0 Å². The van der Waals surface area contributed by atoms with Gasteiger partial charge in [0.05, 0.1) is 0 Å². The molecule has 0 radical (unpaired) electrons. The SMILES string of the molecule is CNN1CCN(c2ccnc(C)c2)CC1. The molecule has 15 heavy (non-hydrogen) atoms. The number of hydrazine groups is 1. The second kappa shape index (κ2) is 4.59. The smallest absolute Gasteiger partial charge is 0.0400 e. The van der Waals surface area contributed by atoms with E-state index in [-0.39, 0.29) is 0 Å². The van der Waals surface area contributed by atoms with Crippen molar-refractivity contribution in [3.8, 4) is 0 Å². The number of anilines is 1. The van der Waals surface area contributed by atoms with E-state index in [2.05, 4.69) is 32.5 Å². The molecule has 0 spiro atoms. The maximum absolute atomic E-state index is 4.22. The Morgan fingerprint density at radius 3 is 2.60 bits per heavy atom. The Kier molecular flexibility index (Phi) is 3.18. The average Bonchev–Trinajstić information content (AvgIpc) is 2.29. The third-order valence-electron chi connectivity index (χ3n) is 2.84. The number of rotatable bonds is 2. The van der Waals surface area contributed by atoms with Crippen LogP contribution in [0.2, 0.25) is 0 Å². The Balaban J connectivity index is 2.01. The van der Waals surface area contributed by atoms with Gasteiger partial charge in [-0.25, -0.2) is 5.01 Å². The molecule has 1 N–H and O–H groups in total. The number of aromatic nitrogens is 1. The van der Waals surface area contributed by atoms with Crippen LogP contribution < -0.4 is 10.3 Å². The van der Waals surface area contributed by atoms with Crippen molar-refractivity contribution in [1.29, 1.82) is 0 Å². The minimum Gasteiger partial charge on any atom is -0.369 e. The van der Waals surface area contributed by atoms with Crippen molar-refractivity contribution in [3.63, 3.8) is 0 Å². The molecule has 0 amide bonds. The minimum absolute atomic E-state index is 1.07. The molecule has 1 saturated heterocycles. The zero-order valence-corrected chi connectivity index (χ0v) is 9.40. The molecule has 1 aliphatic heterocycles. The van der Waals surface area contributed by atoms with Gasteiger partial charge < -0.3 is 4.90 Å². The highest BCUT2D eigenvalue weighted by Crippen LogP contribution is 2.15. The summed E-state index contributed by atoms with van der Waals surface area (Å²) in [5.41, 5.74) is 5.56. The molecule has 0 saturated carbocycles. The molecule has 1 aliphatic rings. The summed E-state index contributed by atoms with van der Waals surface area (Å²) in [5, 5.41) is 2.24. The van der Waals surface area contributed by atoms with Gasteiger partial charge in [0, 0.05) is 43.8 Å². The van der Waals surface area contributed by atoms with Crippen molar-refractivity contribution in [2.24, 2.45) is 0 Å². The molecule has 1 aromatic rings. The van der Waals surface area contributed by atoms with Gasteiger partial charge in [0.25, 0.3) is 0 Å². The zero-order valence-electron chi connectivity index (χ0n) is 9.40. The second-order valence-electron chi connectivity index (χ2n) is 3.85. The first-order valence-corrected chi connectivity index (χ1v) is 5.39. The summed E-state index contributed by atoms with van der Waals surface area (Å²) in [6, 6.07) is 4.23. The average molecular weight is 206 g/mol. The van der Waals surface area contributed by atoms with Crippen LogP contribution in [0.1, 0.15) is 5.69 Å². The number of pyridine rings is 1. The number of aryl methyl sites for hydroxylation is 1. The van der Waals surface area contributed by atoms with Crippen molar-refractivity contribution in [2.75, 3.05) is 38.1 Å². The third-order valence-corrected chi connectivity index (χ3v) is 2.84. The summed E-state index contributed by atoms with van der Waals surface area (Å²) in [4.78, 5) is 6.62. The molecule has 0 aromatic carbocycles. The van der Waals surface area contributed by atoms with E-state index in [1.54, 1.807) is 0 Å². The lowest BCUT2D eigenvalue weighted by Gasteiger charge is -2.35. The molecule has 2 rings (SSSR count). The van der Waals surface area contributed by atoms with Gasteiger partial charge in [-0.1, -0.05) is 0 Å². The quantitative estimate of drug-likeness (QED) is 0.769. The number of nitrogens with zero attached hydrogens (tertiary/aromatic N) is 3. The van der Waals surface area contributed by atoms with Crippen molar-refractivity contribution >= 4 is 5.69 Å². The fourth-order valence-corrected chi connectivity index (χ4v) is 1.92. The van der Waals surface area contributed by atoms with Crippen LogP contribution >= 0.6 is 0 Å². The normalized spacial score (nSPS) is 18.1. The standard InChI is InChI=1S/C11H18N4/c1-10-9-11(3-4-13-10)14-5-7-15(12-2)8-6-14/h3-4,9,12H,5-8H2,1-2H3. The van der Waals surface area contributed by atoms with E-state index in [1.807, 2.05) is 20.2 Å². The second-order valence-corrected chi connectivity index (χ2v) is 3.85. The van der Waals surface area contributed by atoms with E-state index in [0.717, 1.165) is 31.9 Å². The molecule has 1 fully saturated rings. The molecular weight excluding hydrogens is 188 g/mol. The van der Waals surface area contributed by atoms with Gasteiger partial charge in [-0.2, -0.15) is 0 Å². The number of hydrogen-bond donors (Lipinski definition) is 1. The first-order valence-electron chi connectivity index (χ1n) is 5.39. The Labute approximate surface area is 90.9 Å².